The van der Waals surface area contributed by atoms with Gasteiger partial charge in [-0.2, -0.15) is 0 Å². The van der Waals surface area contributed by atoms with Crippen LogP contribution in [0, 0.1) is 17.8 Å². The predicted octanol–water partition coefficient (Wildman–Crippen LogP) is 16.2. The van der Waals surface area contributed by atoms with Crippen molar-refractivity contribution in [3.63, 3.8) is 0 Å². The number of hydrogen-bond acceptors (Lipinski definition) is 6. The van der Waals surface area contributed by atoms with E-state index in [0.717, 1.165) is 109 Å². The van der Waals surface area contributed by atoms with E-state index in [1.165, 1.54) is 128 Å². The molecule has 4 atom stereocenters. The largest absolute Gasteiger partial charge is 0.465 e. The Morgan fingerprint density at radius 2 is 0.746 bits per heavy atom. The van der Waals surface area contributed by atoms with E-state index < -0.39 is 0 Å². The number of carbonyl (C=O) groups is 3. The van der Waals surface area contributed by atoms with Crippen LogP contribution in [0.5, 0.6) is 0 Å². The van der Waals surface area contributed by atoms with Crippen molar-refractivity contribution in [1.29, 1.82) is 0 Å². The zero-order valence-corrected chi connectivity index (χ0v) is 43.7. The third kappa shape index (κ3) is 38.2. The molecule has 0 aromatic heterocycles. The first-order valence-electron chi connectivity index (χ1n) is 27.9. The zero-order chi connectivity index (χ0) is 46.6. The molecule has 0 aliphatic carbocycles. The maximum absolute atomic E-state index is 14.1. The van der Waals surface area contributed by atoms with Crippen LogP contribution in [-0.2, 0) is 23.9 Å². The van der Waals surface area contributed by atoms with Gasteiger partial charge in [-0.15, -0.1) is 0 Å². The van der Waals surface area contributed by atoms with Crippen LogP contribution in [-0.4, -0.2) is 74.1 Å². The molecule has 0 aromatic carbocycles. The van der Waals surface area contributed by atoms with Crippen LogP contribution in [0.15, 0.2) is 0 Å². The molecule has 0 N–H and O–H groups in total. The summed E-state index contributed by atoms with van der Waals surface area (Å²) in [6.07, 6.45) is 41.9. The van der Waals surface area contributed by atoms with Gasteiger partial charge in [0.2, 0.25) is 5.91 Å². The summed E-state index contributed by atoms with van der Waals surface area (Å²) in [6, 6.07) is 0.311. The standard InChI is InChI=1S/C56H110N2O5/c1-9-14-19-29-40-51(38-17-12-4)48-62-54(59)44-33-27-23-21-25-31-42-53(58(47-36-35-46-57(7)8)56(61)50(6)37-16-11-3)43-32-26-22-24-28-34-45-55(60)63-49-52(39-18-13-5)41-30-20-15-10-2/h50-53H,9-49H2,1-8H3/t50?,51-,52?,53?/m1/s1. The quantitative estimate of drug-likeness (QED) is 0.0447. The first kappa shape index (κ1) is 61.4. The highest BCUT2D eigenvalue weighted by Gasteiger charge is 2.26. The van der Waals surface area contributed by atoms with Crippen molar-refractivity contribution in [3.05, 3.63) is 0 Å². The third-order valence-corrected chi connectivity index (χ3v) is 13.6. The summed E-state index contributed by atoms with van der Waals surface area (Å²) in [5.41, 5.74) is 0. The van der Waals surface area contributed by atoms with Crippen LogP contribution in [0.1, 0.15) is 279 Å². The minimum Gasteiger partial charge on any atom is -0.465 e. The number of nitrogens with zero attached hydrogens (tertiary/aromatic N) is 2. The van der Waals surface area contributed by atoms with Gasteiger partial charge in [0, 0.05) is 31.3 Å². The molecule has 0 aliphatic heterocycles. The summed E-state index contributed by atoms with van der Waals surface area (Å²) < 4.78 is 11.6. The number of carbonyl (C=O) groups excluding carboxylic acids is 3. The molecule has 0 radical (unpaired) electrons. The van der Waals surface area contributed by atoms with Crippen LogP contribution in [0.3, 0.4) is 0 Å². The van der Waals surface area contributed by atoms with Gasteiger partial charge in [0.05, 0.1) is 13.2 Å². The molecule has 63 heavy (non-hydrogen) atoms. The van der Waals surface area contributed by atoms with E-state index in [1.807, 2.05) is 0 Å². The molecular weight excluding hydrogens is 781 g/mol. The van der Waals surface area contributed by atoms with Gasteiger partial charge in [0.25, 0.3) is 0 Å². The van der Waals surface area contributed by atoms with Gasteiger partial charge in [-0.25, -0.2) is 0 Å². The van der Waals surface area contributed by atoms with E-state index in [2.05, 4.69) is 65.4 Å². The van der Waals surface area contributed by atoms with Crippen LogP contribution < -0.4 is 0 Å². The number of unbranched alkanes of at least 4 members (excludes halogenated alkanes) is 20. The number of amides is 1. The molecule has 0 fully saturated rings. The molecule has 0 aliphatic rings. The maximum atomic E-state index is 14.1. The Balaban J connectivity index is 4.97. The van der Waals surface area contributed by atoms with E-state index in [9.17, 15) is 14.4 Å². The fraction of sp³-hybridized carbons (Fsp3) is 0.946. The number of ether oxygens (including phenoxy) is 2. The normalized spacial score (nSPS) is 13.5. The fourth-order valence-electron chi connectivity index (χ4n) is 9.16. The lowest BCUT2D eigenvalue weighted by Gasteiger charge is -2.34. The molecule has 0 saturated heterocycles. The van der Waals surface area contributed by atoms with Crippen LogP contribution in [0.25, 0.3) is 0 Å². The summed E-state index contributed by atoms with van der Waals surface area (Å²) in [5, 5.41) is 0. The SMILES string of the molecule is CCCCCCC(CCCC)COC(=O)CCCCCCCCC(CCCCCCCCC(=O)OC[C@H](CCCC)CCCCCC)N(CCCCN(C)C)C(=O)C(C)CCCC. The van der Waals surface area contributed by atoms with Crippen molar-refractivity contribution in [2.24, 2.45) is 17.8 Å². The maximum Gasteiger partial charge on any atom is 0.305 e. The lowest BCUT2D eigenvalue weighted by atomic mass is 9.95. The van der Waals surface area contributed by atoms with Crippen LogP contribution in [0.4, 0.5) is 0 Å². The Morgan fingerprint density at radius 1 is 0.397 bits per heavy atom. The van der Waals surface area contributed by atoms with Gasteiger partial charge in [0.15, 0.2) is 0 Å². The van der Waals surface area contributed by atoms with E-state index >= 15 is 0 Å². The Labute approximate surface area is 393 Å². The molecule has 0 aromatic rings. The molecule has 0 rings (SSSR count). The molecule has 1 amide bonds. The number of rotatable bonds is 48. The van der Waals surface area contributed by atoms with Gasteiger partial charge in [-0.1, -0.05) is 196 Å². The summed E-state index contributed by atoms with van der Waals surface area (Å²) in [5.74, 6) is 1.49. The van der Waals surface area contributed by atoms with Crippen molar-refractivity contribution in [1.82, 2.24) is 9.80 Å². The van der Waals surface area contributed by atoms with Crippen molar-refractivity contribution in [3.8, 4) is 0 Å². The van der Waals surface area contributed by atoms with E-state index in [0.29, 0.717) is 49.8 Å². The second-order valence-electron chi connectivity index (χ2n) is 20.1. The summed E-state index contributed by atoms with van der Waals surface area (Å²) >= 11 is 0. The molecule has 0 saturated carbocycles. The Hall–Kier alpha value is -1.63. The first-order valence-corrected chi connectivity index (χ1v) is 27.9. The van der Waals surface area contributed by atoms with E-state index in [4.69, 9.17) is 9.47 Å². The highest BCUT2D eigenvalue weighted by atomic mass is 16.5. The zero-order valence-electron chi connectivity index (χ0n) is 43.7. The van der Waals surface area contributed by atoms with Crippen molar-refractivity contribution < 1.29 is 23.9 Å². The second kappa shape index (κ2) is 45.5. The minimum atomic E-state index is -0.00836. The average molecular weight is 892 g/mol. The van der Waals surface area contributed by atoms with Crippen LogP contribution >= 0.6 is 0 Å². The third-order valence-electron chi connectivity index (χ3n) is 13.6. The van der Waals surface area contributed by atoms with Gasteiger partial charge in [-0.05, 0) is 103 Å². The molecule has 0 spiro atoms. The second-order valence-corrected chi connectivity index (χ2v) is 20.1. The molecule has 0 heterocycles. The van der Waals surface area contributed by atoms with Crippen molar-refractivity contribution >= 4 is 17.8 Å². The Morgan fingerprint density at radius 3 is 1.17 bits per heavy atom. The first-order chi connectivity index (χ1) is 30.6. The molecule has 0 bridgehead atoms. The summed E-state index contributed by atoms with van der Waals surface area (Å²) in [6.45, 7) is 16.5. The summed E-state index contributed by atoms with van der Waals surface area (Å²) in [7, 11) is 4.27. The molecular formula is C56H110N2O5. The van der Waals surface area contributed by atoms with Gasteiger partial charge < -0.3 is 19.3 Å². The predicted molar refractivity (Wildman–Crippen MR) is 271 cm³/mol. The molecule has 374 valence electrons. The lowest BCUT2D eigenvalue weighted by molar-refractivity contribution is -0.146. The van der Waals surface area contributed by atoms with E-state index in [1.54, 1.807) is 0 Å². The highest BCUT2D eigenvalue weighted by molar-refractivity contribution is 5.78. The lowest BCUT2D eigenvalue weighted by Crippen LogP contribution is -2.44. The molecule has 7 nitrogen and oxygen atoms in total. The monoisotopic (exact) mass is 891 g/mol. The van der Waals surface area contributed by atoms with Gasteiger partial charge in [-0.3, -0.25) is 14.4 Å². The van der Waals surface area contributed by atoms with Gasteiger partial charge >= 0.3 is 11.9 Å². The highest BCUT2D eigenvalue weighted by Crippen LogP contribution is 2.24. The average Bonchev–Trinajstić information content (AvgIpc) is 3.27. The van der Waals surface area contributed by atoms with Crippen molar-refractivity contribution in [2.75, 3.05) is 40.4 Å². The molecule has 7 heteroatoms. The number of hydrogen-bond donors (Lipinski definition) is 0. The molecule has 3 unspecified atom stereocenters. The van der Waals surface area contributed by atoms with Crippen molar-refractivity contribution in [2.45, 2.75) is 285 Å². The summed E-state index contributed by atoms with van der Waals surface area (Å²) in [4.78, 5) is 43.8. The topological polar surface area (TPSA) is 76.2 Å². The Bertz CT molecular complexity index is 964. The minimum absolute atomic E-state index is 0.00836. The number of esters is 2. The van der Waals surface area contributed by atoms with E-state index in [-0.39, 0.29) is 17.9 Å². The van der Waals surface area contributed by atoms with Crippen LogP contribution in [0.2, 0.25) is 0 Å². The van der Waals surface area contributed by atoms with Gasteiger partial charge in [0.1, 0.15) is 0 Å². The smallest absolute Gasteiger partial charge is 0.305 e. The Kier molecular flexibility index (Phi) is 44.3. The fourth-order valence-corrected chi connectivity index (χ4v) is 9.16.